The average Bonchev–Trinajstić information content (AvgIpc) is 3.02. The van der Waals surface area contributed by atoms with Crippen LogP contribution in [0.3, 0.4) is 0 Å². The van der Waals surface area contributed by atoms with Crippen molar-refractivity contribution in [2.75, 3.05) is 13.1 Å². The van der Waals surface area contributed by atoms with Crippen LogP contribution in [0.4, 0.5) is 0 Å². The molecule has 1 amide bonds. The minimum atomic E-state index is 0.169. The summed E-state index contributed by atoms with van der Waals surface area (Å²) >= 11 is 0. The van der Waals surface area contributed by atoms with E-state index in [1.54, 1.807) is 12.4 Å². The highest BCUT2D eigenvalue weighted by atomic mass is 16.2. The third-order valence-corrected chi connectivity index (χ3v) is 4.58. The predicted octanol–water partition coefficient (Wildman–Crippen LogP) is 3.11. The van der Waals surface area contributed by atoms with Gasteiger partial charge < -0.3 is 9.47 Å². The monoisotopic (exact) mass is 320 g/mol. The first-order chi connectivity index (χ1) is 11.8. The van der Waals surface area contributed by atoms with E-state index in [0.29, 0.717) is 6.54 Å². The number of hydrogen-bond acceptors (Lipinski definition) is 3. The molecule has 1 aliphatic rings. The topological polar surface area (TPSA) is 51.0 Å². The van der Waals surface area contributed by atoms with E-state index in [0.717, 1.165) is 48.4 Å². The Bertz CT molecular complexity index is 850. The van der Waals surface area contributed by atoms with E-state index in [4.69, 9.17) is 4.98 Å². The predicted molar refractivity (Wildman–Crippen MR) is 93.4 cm³/mol. The molecule has 0 unspecified atom stereocenters. The van der Waals surface area contributed by atoms with E-state index < -0.39 is 0 Å². The highest BCUT2D eigenvalue weighted by molar-refractivity contribution is 5.84. The molecule has 0 atom stereocenters. The molecule has 0 saturated carbocycles. The molecule has 0 aliphatic carbocycles. The molecule has 3 heterocycles. The Hall–Kier alpha value is -2.69. The van der Waals surface area contributed by atoms with Crippen molar-refractivity contribution >= 4 is 16.9 Å². The first-order valence-electron chi connectivity index (χ1n) is 8.46. The van der Waals surface area contributed by atoms with Crippen molar-refractivity contribution in [3.8, 4) is 11.4 Å². The number of aromatic nitrogens is 3. The van der Waals surface area contributed by atoms with Gasteiger partial charge in [-0.25, -0.2) is 4.98 Å². The van der Waals surface area contributed by atoms with Crippen LogP contribution in [-0.2, 0) is 11.3 Å². The molecule has 3 aromatic rings. The van der Waals surface area contributed by atoms with Crippen LogP contribution in [-0.4, -0.2) is 38.4 Å². The molecular formula is C19H20N4O. The van der Waals surface area contributed by atoms with Gasteiger partial charge in [0.2, 0.25) is 5.91 Å². The number of para-hydroxylation sites is 2. The van der Waals surface area contributed by atoms with Crippen molar-refractivity contribution in [3.05, 3.63) is 48.8 Å². The largest absolute Gasteiger partial charge is 0.341 e. The second-order valence-corrected chi connectivity index (χ2v) is 6.19. The number of nitrogens with zero attached hydrogens (tertiary/aromatic N) is 4. The van der Waals surface area contributed by atoms with Crippen LogP contribution in [0.1, 0.15) is 19.3 Å². The Kier molecular flexibility index (Phi) is 3.99. The zero-order chi connectivity index (χ0) is 16.4. The molecule has 0 radical (unpaired) electrons. The van der Waals surface area contributed by atoms with Gasteiger partial charge in [0.05, 0.1) is 11.0 Å². The SMILES string of the molecule is O=C(Cn1c(-c2cccnc2)nc2ccccc21)N1CCCCC1. The highest BCUT2D eigenvalue weighted by Crippen LogP contribution is 2.24. The molecule has 2 aromatic heterocycles. The number of piperidine rings is 1. The van der Waals surface area contributed by atoms with Crippen molar-refractivity contribution in [1.29, 1.82) is 0 Å². The summed E-state index contributed by atoms with van der Waals surface area (Å²) in [6, 6.07) is 11.8. The number of pyridine rings is 1. The Labute approximate surface area is 140 Å². The molecule has 5 heteroatoms. The van der Waals surface area contributed by atoms with Crippen LogP contribution in [0.25, 0.3) is 22.4 Å². The summed E-state index contributed by atoms with van der Waals surface area (Å²) in [6.07, 6.45) is 6.97. The first kappa shape index (κ1) is 14.9. The third kappa shape index (κ3) is 2.77. The maximum atomic E-state index is 12.8. The van der Waals surface area contributed by atoms with Crippen LogP contribution >= 0.6 is 0 Å². The zero-order valence-corrected chi connectivity index (χ0v) is 13.6. The molecule has 4 rings (SSSR count). The van der Waals surface area contributed by atoms with Gasteiger partial charge in [-0.05, 0) is 43.5 Å². The number of rotatable bonds is 3. The minimum Gasteiger partial charge on any atom is -0.341 e. The number of carbonyl (C=O) groups excluding carboxylic acids is 1. The lowest BCUT2D eigenvalue weighted by Crippen LogP contribution is -2.37. The lowest BCUT2D eigenvalue weighted by atomic mass is 10.1. The quantitative estimate of drug-likeness (QED) is 0.745. The molecular weight excluding hydrogens is 300 g/mol. The zero-order valence-electron chi connectivity index (χ0n) is 13.6. The van der Waals surface area contributed by atoms with Gasteiger partial charge in [0.15, 0.2) is 0 Å². The summed E-state index contributed by atoms with van der Waals surface area (Å²) in [5.74, 6) is 0.970. The number of carbonyl (C=O) groups is 1. The Morgan fingerprint density at radius 2 is 1.88 bits per heavy atom. The van der Waals surface area contributed by atoms with E-state index in [2.05, 4.69) is 4.98 Å². The van der Waals surface area contributed by atoms with E-state index in [9.17, 15) is 4.79 Å². The fraction of sp³-hybridized carbons (Fsp3) is 0.316. The van der Waals surface area contributed by atoms with Crippen LogP contribution in [0, 0.1) is 0 Å². The van der Waals surface area contributed by atoms with Gasteiger partial charge in [-0.2, -0.15) is 0 Å². The van der Waals surface area contributed by atoms with E-state index in [-0.39, 0.29) is 5.91 Å². The van der Waals surface area contributed by atoms with Crippen molar-refractivity contribution in [1.82, 2.24) is 19.4 Å². The van der Waals surface area contributed by atoms with Gasteiger partial charge in [-0.1, -0.05) is 12.1 Å². The molecule has 0 bridgehead atoms. The molecule has 24 heavy (non-hydrogen) atoms. The highest BCUT2D eigenvalue weighted by Gasteiger charge is 2.20. The van der Waals surface area contributed by atoms with Crippen molar-refractivity contribution in [2.24, 2.45) is 0 Å². The van der Waals surface area contributed by atoms with Gasteiger partial charge in [0.1, 0.15) is 12.4 Å². The van der Waals surface area contributed by atoms with E-state index in [1.165, 1.54) is 6.42 Å². The second-order valence-electron chi connectivity index (χ2n) is 6.19. The standard InChI is InChI=1S/C19H20N4O/c24-18(22-11-4-1-5-12-22)14-23-17-9-3-2-8-16(17)21-19(23)15-7-6-10-20-13-15/h2-3,6-10,13H,1,4-5,11-12,14H2. The summed E-state index contributed by atoms with van der Waals surface area (Å²) in [6.45, 7) is 2.06. The first-order valence-corrected chi connectivity index (χ1v) is 8.46. The summed E-state index contributed by atoms with van der Waals surface area (Å²) < 4.78 is 2.02. The van der Waals surface area contributed by atoms with Gasteiger partial charge in [-0.15, -0.1) is 0 Å². The fourth-order valence-electron chi connectivity index (χ4n) is 3.33. The molecule has 1 aromatic carbocycles. The number of hydrogen-bond donors (Lipinski definition) is 0. The van der Waals surface area contributed by atoms with Crippen molar-refractivity contribution in [2.45, 2.75) is 25.8 Å². The van der Waals surface area contributed by atoms with Crippen LogP contribution in [0.15, 0.2) is 48.8 Å². The van der Waals surface area contributed by atoms with Crippen LogP contribution in [0.5, 0.6) is 0 Å². The number of amides is 1. The number of benzene rings is 1. The van der Waals surface area contributed by atoms with Crippen molar-refractivity contribution in [3.63, 3.8) is 0 Å². The second kappa shape index (κ2) is 6.43. The maximum absolute atomic E-state index is 12.8. The van der Waals surface area contributed by atoms with Crippen LogP contribution < -0.4 is 0 Å². The lowest BCUT2D eigenvalue weighted by Gasteiger charge is -2.27. The molecule has 5 nitrogen and oxygen atoms in total. The number of likely N-dealkylation sites (tertiary alicyclic amines) is 1. The Morgan fingerprint density at radius 3 is 2.67 bits per heavy atom. The lowest BCUT2D eigenvalue weighted by molar-refractivity contribution is -0.132. The molecule has 0 spiro atoms. The van der Waals surface area contributed by atoms with Gasteiger partial charge >= 0.3 is 0 Å². The smallest absolute Gasteiger partial charge is 0.242 e. The van der Waals surface area contributed by atoms with E-state index in [1.807, 2.05) is 45.9 Å². The van der Waals surface area contributed by atoms with E-state index >= 15 is 0 Å². The molecule has 1 fully saturated rings. The average molecular weight is 320 g/mol. The Balaban J connectivity index is 1.74. The van der Waals surface area contributed by atoms with Gasteiger partial charge in [-0.3, -0.25) is 9.78 Å². The van der Waals surface area contributed by atoms with Crippen LogP contribution in [0.2, 0.25) is 0 Å². The summed E-state index contributed by atoms with van der Waals surface area (Å²) in [4.78, 5) is 23.7. The third-order valence-electron chi connectivity index (χ3n) is 4.58. The molecule has 1 saturated heterocycles. The number of fused-ring (bicyclic) bond motifs is 1. The van der Waals surface area contributed by atoms with Gasteiger partial charge in [0.25, 0.3) is 0 Å². The molecule has 122 valence electrons. The van der Waals surface area contributed by atoms with Gasteiger partial charge in [0, 0.05) is 31.0 Å². The molecule has 0 N–H and O–H groups in total. The number of imidazole rings is 1. The minimum absolute atomic E-state index is 0.169. The summed E-state index contributed by atoms with van der Waals surface area (Å²) in [5, 5.41) is 0. The van der Waals surface area contributed by atoms with Crippen molar-refractivity contribution < 1.29 is 4.79 Å². The Morgan fingerprint density at radius 1 is 1.04 bits per heavy atom. The summed E-state index contributed by atoms with van der Waals surface area (Å²) in [5.41, 5.74) is 2.82. The maximum Gasteiger partial charge on any atom is 0.242 e. The normalized spacial score (nSPS) is 14.9. The summed E-state index contributed by atoms with van der Waals surface area (Å²) in [7, 11) is 0. The molecule has 1 aliphatic heterocycles. The fourth-order valence-corrected chi connectivity index (χ4v) is 3.33.